The first-order chi connectivity index (χ1) is 9.65. The fourth-order valence-electron chi connectivity index (χ4n) is 3.38. The van der Waals surface area contributed by atoms with Crippen LogP contribution in [0.1, 0.15) is 18.9 Å². The quantitative estimate of drug-likeness (QED) is 0.920. The number of hydrogen-bond acceptors (Lipinski definition) is 3. The molecule has 0 spiro atoms. The van der Waals surface area contributed by atoms with Crippen LogP contribution in [0, 0.1) is 11.8 Å². The van der Waals surface area contributed by atoms with Crippen molar-refractivity contribution >= 4 is 15.9 Å². The van der Waals surface area contributed by atoms with Gasteiger partial charge in [-0.25, -0.2) is 0 Å². The highest BCUT2D eigenvalue weighted by molar-refractivity contribution is 9.10. The molecule has 0 amide bonds. The molecule has 0 saturated carbocycles. The van der Waals surface area contributed by atoms with Crippen molar-refractivity contribution in [3.8, 4) is 5.75 Å². The van der Waals surface area contributed by atoms with Gasteiger partial charge in [0.05, 0.1) is 0 Å². The van der Waals surface area contributed by atoms with E-state index in [9.17, 15) is 0 Å². The predicted molar refractivity (Wildman–Crippen MR) is 85.0 cm³/mol. The van der Waals surface area contributed by atoms with Gasteiger partial charge in [0.15, 0.2) is 0 Å². The van der Waals surface area contributed by atoms with Crippen LogP contribution in [-0.4, -0.2) is 37.2 Å². The molecule has 110 valence electrons. The van der Waals surface area contributed by atoms with E-state index in [1.807, 2.05) is 6.07 Å². The van der Waals surface area contributed by atoms with E-state index in [0.717, 1.165) is 42.2 Å². The fraction of sp³-hybridized carbons (Fsp3) is 0.625. The highest BCUT2D eigenvalue weighted by Gasteiger charge is 2.29. The summed E-state index contributed by atoms with van der Waals surface area (Å²) in [7, 11) is 0. The van der Waals surface area contributed by atoms with Gasteiger partial charge in [-0.2, -0.15) is 0 Å². The van der Waals surface area contributed by atoms with E-state index in [1.165, 1.54) is 18.5 Å². The van der Waals surface area contributed by atoms with Crippen LogP contribution >= 0.6 is 15.9 Å². The number of hydrogen-bond donors (Lipinski definition) is 1. The summed E-state index contributed by atoms with van der Waals surface area (Å²) in [6.45, 7) is 6.45. The lowest BCUT2D eigenvalue weighted by Crippen LogP contribution is -2.46. The van der Waals surface area contributed by atoms with Crippen molar-refractivity contribution in [2.45, 2.75) is 25.9 Å². The Bertz CT molecular complexity index is 480. The van der Waals surface area contributed by atoms with E-state index < -0.39 is 0 Å². The summed E-state index contributed by atoms with van der Waals surface area (Å²) in [5.41, 5.74) is 7.21. The summed E-state index contributed by atoms with van der Waals surface area (Å²) in [5, 5.41) is 0. The van der Waals surface area contributed by atoms with Crippen molar-refractivity contribution in [2.75, 3.05) is 26.2 Å². The minimum Gasteiger partial charge on any atom is -0.488 e. The van der Waals surface area contributed by atoms with Crippen LogP contribution in [0.4, 0.5) is 0 Å². The number of nitrogens with two attached hydrogens (primary N) is 1. The summed E-state index contributed by atoms with van der Waals surface area (Å²) < 4.78 is 7.20. The molecule has 3 atom stereocenters. The maximum absolute atomic E-state index is 6.07. The van der Waals surface area contributed by atoms with Crippen molar-refractivity contribution in [2.24, 2.45) is 17.6 Å². The molecule has 1 saturated heterocycles. The molecule has 3 nitrogen and oxygen atoms in total. The first-order valence-corrected chi connectivity index (χ1v) is 8.32. The van der Waals surface area contributed by atoms with Gasteiger partial charge in [-0.05, 0) is 55.1 Å². The summed E-state index contributed by atoms with van der Waals surface area (Å²) in [6.07, 6.45) is 2.58. The number of piperidine rings is 1. The molecule has 1 aromatic carbocycles. The maximum Gasteiger partial charge on any atom is 0.123 e. The lowest BCUT2D eigenvalue weighted by molar-refractivity contribution is 0.0881. The lowest BCUT2D eigenvalue weighted by atomic mass is 9.87. The number of fused-ring (bicyclic) bond motifs is 1. The number of nitrogens with zero attached hydrogens (tertiary/aromatic N) is 1. The summed E-state index contributed by atoms with van der Waals surface area (Å²) in [6, 6.07) is 6.30. The number of ether oxygens (including phenoxy) is 1. The minimum absolute atomic E-state index is 0.297. The maximum atomic E-state index is 6.07. The zero-order valence-corrected chi connectivity index (χ0v) is 13.6. The Hall–Kier alpha value is -0.580. The molecule has 2 aliphatic heterocycles. The van der Waals surface area contributed by atoms with Crippen molar-refractivity contribution < 1.29 is 4.74 Å². The second-order valence-corrected chi connectivity index (χ2v) is 7.13. The molecule has 0 aromatic heterocycles. The Morgan fingerprint density at radius 2 is 2.30 bits per heavy atom. The molecule has 1 fully saturated rings. The van der Waals surface area contributed by atoms with Gasteiger partial charge in [0.1, 0.15) is 11.9 Å². The molecule has 2 heterocycles. The van der Waals surface area contributed by atoms with Gasteiger partial charge in [-0.1, -0.05) is 22.9 Å². The van der Waals surface area contributed by atoms with E-state index >= 15 is 0 Å². The normalized spacial score (nSPS) is 30.1. The smallest absolute Gasteiger partial charge is 0.123 e. The van der Waals surface area contributed by atoms with Gasteiger partial charge < -0.3 is 10.5 Å². The van der Waals surface area contributed by atoms with Crippen LogP contribution in [0.15, 0.2) is 22.7 Å². The third-order valence-electron chi connectivity index (χ3n) is 4.73. The topological polar surface area (TPSA) is 38.5 Å². The van der Waals surface area contributed by atoms with E-state index in [4.69, 9.17) is 10.5 Å². The van der Waals surface area contributed by atoms with Gasteiger partial charge >= 0.3 is 0 Å². The second kappa shape index (κ2) is 6.04. The SMILES string of the molecule is CC1CCN(CC2Cc3cc(Br)ccc3O2)CC1CN. The molecular formula is C16H23BrN2O. The molecule has 2 N–H and O–H groups in total. The average molecular weight is 339 g/mol. The van der Waals surface area contributed by atoms with Crippen LogP contribution in [0.3, 0.4) is 0 Å². The molecule has 0 radical (unpaired) electrons. The zero-order valence-electron chi connectivity index (χ0n) is 12.0. The minimum atomic E-state index is 0.297. The lowest BCUT2D eigenvalue weighted by Gasteiger charge is -2.37. The third-order valence-corrected chi connectivity index (χ3v) is 5.22. The third kappa shape index (κ3) is 3.02. The highest BCUT2D eigenvalue weighted by Crippen LogP contribution is 2.32. The number of halogens is 1. The van der Waals surface area contributed by atoms with Crippen LogP contribution in [0.25, 0.3) is 0 Å². The molecular weight excluding hydrogens is 316 g/mol. The Morgan fingerprint density at radius 3 is 3.10 bits per heavy atom. The molecule has 1 aromatic rings. The summed E-state index contributed by atoms with van der Waals surface area (Å²) >= 11 is 3.53. The number of rotatable bonds is 3. The average Bonchev–Trinajstić information content (AvgIpc) is 2.82. The van der Waals surface area contributed by atoms with Crippen molar-refractivity contribution in [3.05, 3.63) is 28.2 Å². The first-order valence-electron chi connectivity index (χ1n) is 7.53. The van der Waals surface area contributed by atoms with E-state index in [1.54, 1.807) is 0 Å². The predicted octanol–water partition coefficient (Wildman–Crippen LogP) is 2.67. The molecule has 0 bridgehead atoms. The standard InChI is InChI=1S/C16H23BrN2O/c1-11-4-5-19(9-13(11)8-18)10-15-7-12-6-14(17)2-3-16(12)20-15/h2-3,6,11,13,15H,4-5,7-10,18H2,1H3. The van der Waals surface area contributed by atoms with Crippen molar-refractivity contribution in [3.63, 3.8) is 0 Å². The van der Waals surface area contributed by atoms with Gasteiger partial charge in [0.25, 0.3) is 0 Å². The van der Waals surface area contributed by atoms with Crippen molar-refractivity contribution in [1.29, 1.82) is 0 Å². The number of likely N-dealkylation sites (tertiary alicyclic amines) is 1. The Labute approximate surface area is 129 Å². The number of benzene rings is 1. The van der Waals surface area contributed by atoms with Gasteiger partial charge in [-0.15, -0.1) is 0 Å². The van der Waals surface area contributed by atoms with Gasteiger partial charge in [0.2, 0.25) is 0 Å². The fourth-order valence-corrected chi connectivity index (χ4v) is 3.78. The largest absolute Gasteiger partial charge is 0.488 e. The van der Waals surface area contributed by atoms with Crippen molar-refractivity contribution in [1.82, 2.24) is 4.90 Å². The molecule has 20 heavy (non-hydrogen) atoms. The Balaban J connectivity index is 1.58. The molecule has 4 heteroatoms. The summed E-state index contributed by atoms with van der Waals surface area (Å²) in [4.78, 5) is 2.53. The molecule has 3 unspecified atom stereocenters. The molecule has 3 rings (SSSR count). The van der Waals surface area contributed by atoms with E-state index in [0.29, 0.717) is 12.0 Å². The van der Waals surface area contributed by atoms with Crippen LogP contribution < -0.4 is 10.5 Å². The molecule has 2 aliphatic rings. The summed E-state index contributed by atoms with van der Waals surface area (Å²) in [5.74, 6) is 2.45. The monoisotopic (exact) mass is 338 g/mol. The van der Waals surface area contributed by atoms with E-state index in [2.05, 4.69) is 39.9 Å². The van der Waals surface area contributed by atoms with Crippen LogP contribution in [0.5, 0.6) is 5.75 Å². The van der Waals surface area contributed by atoms with Crippen LogP contribution in [0.2, 0.25) is 0 Å². The second-order valence-electron chi connectivity index (χ2n) is 6.22. The molecule has 0 aliphatic carbocycles. The van der Waals surface area contributed by atoms with Gasteiger partial charge in [-0.3, -0.25) is 4.90 Å². The van der Waals surface area contributed by atoms with Gasteiger partial charge in [0, 0.05) is 24.0 Å². The zero-order chi connectivity index (χ0) is 14.1. The highest BCUT2D eigenvalue weighted by atomic mass is 79.9. The van der Waals surface area contributed by atoms with E-state index in [-0.39, 0.29) is 0 Å². The first kappa shape index (κ1) is 14.4. The van der Waals surface area contributed by atoms with Crippen LogP contribution in [-0.2, 0) is 6.42 Å². The Kier molecular flexibility index (Phi) is 4.34. The Morgan fingerprint density at radius 1 is 1.45 bits per heavy atom.